The fourth-order valence-corrected chi connectivity index (χ4v) is 8.46. The maximum Gasteiger partial charge on any atom is 0.243 e. The number of carbonyl (C=O) groups excluding carboxylic acids is 1. The normalized spacial score (nSPS) is 23.7. The van der Waals surface area contributed by atoms with Gasteiger partial charge in [-0.1, -0.05) is 17.7 Å². The van der Waals surface area contributed by atoms with Crippen molar-refractivity contribution in [2.45, 2.75) is 89.5 Å². The predicted octanol–water partition coefficient (Wildman–Crippen LogP) is 4.57. The van der Waals surface area contributed by atoms with Crippen molar-refractivity contribution < 1.29 is 17.9 Å². The summed E-state index contributed by atoms with van der Waals surface area (Å²) in [6.45, 7) is 12.6. The summed E-state index contributed by atoms with van der Waals surface area (Å²) in [5.41, 5.74) is 2.56. The van der Waals surface area contributed by atoms with Gasteiger partial charge in [0.05, 0.1) is 11.5 Å². The smallest absolute Gasteiger partial charge is 0.243 e. The van der Waals surface area contributed by atoms with Crippen LogP contribution in [0.3, 0.4) is 0 Å². The van der Waals surface area contributed by atoms with Crippen LogP contribution in [0.15, 0.2) is 17.0 Å². The third-order valence-electron chi connectivity index (χ3n) is 9.39. The van der Waals surface area contributed by atoms with E-state index < -0.39 is 10.0 Å². The maximum atomic E-state index is 13.1. The molecule has 3 fully saturated rings. The largest absolute Gasteiger partial charge is 0.372 e. The van der Waals surface area contributed by atoms with E-state index in [9.17, 15) is 13.2 Å². The Balaban J connectivity index is 1.09. The van der Waals surface area contributed by atoms with Crippen molar-refractivity contribution in [1.29, 1.82) is 0 Å². The quantitative estimate of drug-likeness (QED) is 0.329. The Morgan fingerprint density at radius 2 is 1.59 bits per heavy atom. The van der Waals surface area contributed by atoms with Crippen LogP contribution in [0.25, 0.3) is 0 Å². The van der Waals surface area contributed by atoms with Crippen LogP contribution in [-0.2, 0) is 19.6 Å². The third kappa shape index (κ3) is 8.35. The molecule has 4 rings (SSSR count). The van der Waals surface area contributed by atoms with Crippen LogP contribution >= 0.6 is 0 Å². The molecule has 3 aliphatic rings. The van der Waals surface area contributed by atoms with E-state index in [0.29, 0.717) is 23.3 Å². The van der Waals surface area contributed by atoms with Gasteiger partial charge in [-0.3, -0.25) is 4.79 Å². The lowest BCUT2D eigenvalue weighted by atomic mass is 9.81. The molecule has 0 bridgehead atoms. The van der Waals surface area contributed by atoms with E-state index in [0.717, 1.165) is 35.4 Å². The Hall–Kier alpha value is -1.32. The van der Waals surface area contributed by atoms with Crippen molar-refractivity contribution in [3.8, 4) is 0 Å². The van der Waals surface area contributed by atoms with Crippen molar-refractivity contribution in [2.24, 2.45) is 11.8 Å². The molecule has 2 aliphatic heterocycles. The number of Topliss-reactive ketones (excluding diaryl/α,β-unsaturated/α-hetero) is 1. The van der Waals surface area contributed by atoms with Gasteiger partial charge in [0.15, 0.2) is 5.78 Å². The average Bonchev–Trinajstić information content (AvgIpc) is 2.85. The molecule has 0 amide bonds. The number of carbonyl (C=O) groups is 1. The standard InChI is InChI=1S/C31H51N3O4S/c1-24-20-25(2)31(26(3)21-24)39(36,37)32(4)18-19-38-23-30(35)22-28-6-8-29(9-7-28)34-16-11-27(12-17-34)10-15-33-13-5-14-33/h20-21,27-29H,5-19,22-23H2,1-4H3. The molecule has 7 nitrogen and oxygen atoms in total. The molecule has 0 N–H and O–H groups in total. The van der Waals surface area contributed by atoms with Crippen LogP contribution in [0.1, 0.15) is 74.5 Å². The SMILES string of the molecule is Cc1cc(C)c(S(=O)(=O)N(C)CCOCC(=O)CC2CCC(N3CCC(CCN4CCC4)CC3)CC2)c(C)c1. The van der Waals surface area contributed by atoms with Gasteiger partial charge in [0.2, 0.25) is 10.0 Å². The molecule has 1 aromatic rings. The molecule has 0 spiro atoms. The monoisotopic (exact) mass is 561 g/mol. The summed E-state index contributed by atoms with van der Waals surface area (Å²) >= 11 is 0. The van der Waals surface area contributed by atoms with Gasteiger partial charge in [0, 0.05) is 26.1 Å². The number of nitrogens with zero attached hydrogens (tertiary/aromatic N) is 3. The van der Waals surface area contributed by atoms with Gasteiger partial charge in [-0.05, 0) is 128 Å². The summed E-state index contributed by atoms with van der Waals surface area (Å²) in [5.74, 6) is 1.51. The highest BCUT2D eigenvalue weighted by atomic mass is 32.2. The zero-order chi connectivity index (χ0) is 28.0. The summed E-state index contributed by atoms with van der Waals surface area (Å²) in [4.78, 5) is 18.3. The summed E-state index contributed by atoms with van der Waals surface area (Å²) < 4.78 is 33.2. The fraction of sp³-hybridized carbons (Fsp3) is 0.774. The number of aryl methyl sites for hydroxylation is 3. The van der Waals surface area contributed by atoms with Gasteiger partial charge in [-0.15, -0.1) is 0 Å². The first kappa shape index (κ1) is 30.6. The molecule has 0 aromatic heterocycles. The summed E-state index contributed by atoms with van der Waals surface area (Å²) in [6.07, 6.45) is 10.7. The maximum absolute atomic E-state index is 13.1. The number of rotatable bonds is 13. The molecule has 39 heavy (non-hydrogen) atoms. The first-order valence-corrected chi connectivity index (χ1v) is 16.7. The highest BCUT2D eigenvalue weighted by Gasteiger charge is 2.30. The first-order chi connectivity index (χ1) is 18.6. The van der Waals surface area contributed by atoms with E-state index in [1.807, 2.05) is 32.9 Å². The van der Waals surface area contributed by atoms with Crippen LogP contribution < -0.4 is 0 Å². The number of benzene rings is 1. The zero-order valence-electron chi connectivity index (χ0n) is 24.8. The molecule has 1 aliphatic carbocycles. The number of hydrogen-bond acceptors (Lipinski definition) is 6. The highest BCUT2D eigenvalue weighted by molar-refractivity contribution is 7.89. The van der Waals surface area contributed by atoms with Crippen molar-refractivity contribution >= 4 is 15.8 Å². The zero-order valence-corrected chi connectivity index (χ0v) is 25.6. The van der Waals surface area contributed by atoms with Crippen molar-refractivity contribution in [2.75, 3.05) is 59.5 Å². The van der Waals surface area contributed by atoms with E-state index >= 15 is 0 Å². The van der Waals surface area contributed by atoms with Gasteiger partial charge in [-0.25, -0.2) is 8.42 Å². The van der Waals surface area contributed by atoms with Crippen molar-refractivity contribution in [3.05, 3.63) is 28.8 Å². The molecule has 220 valence electrons. The van der Waals surface area contributed by atoms with E-state index in [4.69, 9.17) is 4.74 Å². The number of piperidine rings is 1. The van der Waals surface area contributed by atoms with E-state index in [1.54, 1.807) is 7.05 Å². The van der Waals surface area contributed by atoms with Gasteiger partial charge >= 0.3 is 0 Å². The van der Waals surface area contributed by atoms with Crippen LogP contribution in [0.5, 0.6) is 0 Å². The van der Waals surface area contributed by atoms with Gasteiger partial charge in [0.25, 0.3) is 0 Å². The Kier molecular flexibility index (Phi) is 11.0. The predicted molar refractivity (Wildman–Crippen MR) is 157 cm³/mol. The summed E-state index contributed by atoms with van der Waals surface area (Å²) in [7, 11) is -2.02. The molecule has 1 saturated carbocycles. The Bertz CT molecular complexity index is 1030. The molecular formula is C31H51N3O4S. The minimum absolute atomic E-state index is 0.0708. The lowest BCUT2D eigenvalue weighted by molar-refractivity contribution is -0.124. The molecule has 0 unspecified atom stereocenters. The van der Waals surface area contributed by atoms with Crippen LogP contribution in [0.4, 0.5) is 0 Å². The average molecular weight is 562 g/mol. The van der Waals surface area contributed by atoms with Crippen LogP contribution in [0.2, 0.25) is 0 Å². The van der Waals surface area contributed by atoms with Crippen LogP contribution in [0, 0.1) is 32.6 Å². The minimum Gasteiger partial charge on any atom is -0.372 e. The molecule has 8 heteroatoms. The molecule has 2 saturated heterocycles. The lowest BCUT2D eigenvalue weighted by Crippen LogP contribution is -2.44. The fourth-order valence-electron chi connectivity index (χ4n) is 6.90. The number of ketones is 1. The second-order valence-electron chi connectivity index (χ2n) is 12.5. The second-order valence-corrected chi connectivity index (χ2v) is 14.5. The van der Waals surface area contributed by atoms with Gasteiger partial charge < -0.3 is 14.5 Å². The van der Waals surface area contributed by atoms with Gasteiger partial charge in [0.1, 0.15) is 6.61 Å². The topological polar surface area (TPSA) is 70.2 Å². The third-order valence-corrected chi connectivity index (χ3v) is 11.5. The first-order valence-electron chi connectivity index (χ1n) is 15.2. The molecule has 0 radical (unpaired) electrons. The minimum atomic E-state index is -3.60. The van der Waals surface area contributed by atoms with Crippen molar-refractivity contribution in [1.82, 2.24) is 14.1 Å². The number of likely N-dealkylation sites (N-methyl/N-ethyl adjacent to an activating group) is 1. The number of hydrogen-bond donors (Lipinski definition) is 0. The molecule has 2 heterocycles. The van der Waals surface area contributed by atoms with E-state index in [1.165, 1.54) is 75.6 Å². The number of sulfonamides is 1. The highest BCUT2D eigenvalue weighted by Crippen LogP contribution is 2.33. The molecule has 0 atom stereocenters. The van der Waals surface area contributed by atoms with Crippen molar-refractivity contribution in [3.63, 3.8) is 0 Å². The summed E-state index contributed by atoms with van der Waals surface area (Å²) in [5, 5.41) is 0. The number of ether oxygens (including phenoxy) is 1. The van der Waals surface area contributed by atoms with E-state index in [-0.39, 0.29) is 25.5 Å². The summed E-state index contributed by atoms with van der Waals surface area (Å²) in [6, 6.07) is 4.49. The Morgan fingerprint density at radius 3 is 2.18 bits per heavy atom. The molecule has 1 aromatic carbocycles. The van der Waals surface area contributed by atoms with E-state index in [2.05, 4.69) is 9.80 Å². The number of likely N-dealkylation sites (tertiary alicyclic amines) is 2. The Morgan fingerprint density at radius 1 is 0.949 bits per heavy atom. The lowest BCUT2D eigenvalue weighted by Gasteiger charge is -2.41. The second kappa shape index (κ2) is 14.0. The van der Waals surface area contributed by atoms with Gasteiger partial charge in [-0.2, -0.15) is 4.31 Å². The Labute approximate surface area is 237 Å². The molecular weight excluding hydrogens is 510 g/mol. The van der Waals surface area contributed by atoms with Crippen LogP contribution in [-0.4, -0.2) is 93.9 Å².